The lowest BCUT2D eigenvalue weighted by Gasteiger charge is -2.14. The van der Waals surface area contributed by atoms with Gasteiger partial charge in [-0.2, -0.15) is 0 Å². The Bertz CT molecular complexity index is 3200. The van der Waals surface area contributed by atoms with Crippen LogP contribution in [-0.2, 0) is 0 Å². The van der Waals surface area contributed by atoms with Gasteiger partial charge in [0, 0.05) is 49.8 Å². The maximum absolute atomic E-state index is 6.32. The summed E-state index contributed by atoms with van der Waals surface area (Å²) in [4.78, 5) is 19.9. The van der Waals surface area contributed by atoms with E-state index in [2.05, 4.69) is 89.9 Å². The Balaban J connectivity index is 1.12. The van der Waals surface area contributed by atoms with E-state index >= 15 is 0 Å². The molecule has 0 amide bonds. The highest BCUT2D eigenvalue weighted by Crippen LogP contribution is 2.40. The number of benzene rings is 7. The van der Waals surface area contributed by atoms with E-state index in [0.29, 0.717) is 23.2 Å². The van der Waals surface area contributed by atoms with Crippen LogP contribution in [-0.4, -0.2) is 19.9 Å². The van der Waals surface area contributed by atoms with E-state index in [-0.39, 0.29) is 0 Å². The fraction of sp³-hybridized carbons (Fsp3) is 0. The number of rotatable bonds is 4. The van der Waals surface area contributed by atoms with Crippen molar-refractivity contribution in [1.29, 1.82) is 0 Å². The molecule has 0 aliphatic heterocycles. The number of pyridine rings is 1. The first-order chi connectivity index (χ1) is 25.8. The summed E-state index contributed by atoms with van der Waals surface area (Å²) in [5, 5.41) is 8.41. The van der Waals surface area contributed by atoms with Crippen molar-refractivity contribution in [3.05, 3.63) is 158 Å². The average Bonchev–Trinajstić information content (AvgIpc) is 3.79. The number of hydrogen-bond acceptors (Lipinski definition) is 6. The lowest BCUT2D eigenvalue weighted by molar-refractivity contribution is 0.657. The first-order valence-corrected chi connectivity index (χ1v) is 17.2. The van der Waals surface area contributed by atoms with Crippen LogP contribution in [0.15, 0.2) is 167 Å². The van der Waals surface area contributed by atoms with E-state index in [1.165, 1.54) is 0 Å². The number of furan rings is 2. The summed E-state index contributed by atoms with van der Waals surface area (Å²) >= 11 is 0. The molecule has 0 bridgehead atoms. The summed E-state index contributed by atoms with van der Waals surface area (Å²) in [7, 11) is 0. The van der Waals surface area contributed by atoms with Gasteiger partial charge in [-0.15, -0.1) is 0 Å². The van der Waals surface area contributed by atoms with Gasteiger partial charge in [0.2, 0.25) is 5.71 Å². The first kappa shape index (κ1) is 28.6. The minimum absolute atomic E-state index is 0.591. The van der Waals surface area contributed by atoms with Crippen molar-refractivity contribution in [3.8, 4) is 45.3 Å². The molecular formula is C46H26N4O2. The maximum atomic E-state index is 6.32. The smallest absolute Gasteiger partial charge is 0.227 e. The Hall–Kier alpha value is -7.18. The summed E-state index contributed by atoms with van der Waals surface area (Å²) in [6, 6.07) is 51.9. The van der Waals surface area contributed by atoms with Gasteiger partial charge < -0.3 is 8.83 Å². The van der Waals surface area contributed by atoms with Crippen LogP contribution in [0.5, 0.6) is 0 Å². The second-order valence-electron chi connectivity index (χ2n) is 13.0. The Morgan fingerprint density at radius 3 is 1.96 bits per heavy atom. The van der Waals surface area contributed by atoms with Gasteiger partial charge in [0.05, 0.1) is 0 Å². The summed E-state index contributed by atoms with van der Waals surface area (Å²) < 4.78 is 12.6. The molecule has 52 heavy (non-hydrogen) atoms. The normalized spacial score (nSPS) is 11.8. The summed E-state index contributed by atoms with van der Waals surface area (Å²) in [6.07, 6.45) is 1.77. The van der Waals surface area contributed by atoms with Crippen LogP contribution in [0.3, 0.4) is 0 Å². The van der Waals surface area contributed by atoms with Crippen LogP contribution < -0.4 is 0 Å². The third-order valence-corrected chi connectivity index (χ3v) is 10.0. The van der Waals surface area contributed by atoms with Crippen molar-refractivity contribution >= 4 is 65.6 Å². The SMILES string of the molecule is c1ccc(-c2nc(-c3ccc(-c4ccc5ccc6c7cccnc7oc6c5c4)c4ccccc34)nc(-c3cccc4oc5ccccc5c34)n2)cc1. The Morgan fingerprint density at radius 2 is 1.08 bits per heavy atom. The van der Waals surface area contributed by atoms with E-state index in [0.717, 1.165) is 87.7 Å². The first-order valence-electron chi connectivity index (χ1n) is 17.2. The summed E-state index contributed by atoms with van der Waals surface area (Å²) in [5.41, 5.74) is 8.06. The predicted molar refractivity (Wildman–Crippen MR) is 209 cm³/mol. The minimum Gasteiger partial charge on any atom is -0.456 e. The fourth-order valence-electron chi connectivity index (χ4n) is 7.60. The van der Waals surface area contributed by atoms with Gasteiger partial charge in [0.25, 0.3) is 0 Å². The molecule has 0 aliphatic rings. The van der Waals surface area contributed by atoms with Gasteiger partial charge in [-0.1, -0.05) is 109 Å². The molecule has 0 saturated heterocycles. The molecule has 0 radical (unpaired) electrons. The number of hydrogen-bond donors (Lipinski definition) is 0. The van der Waals surface area contributed by atoms with E-state index in [4.69, 9.17) is 23.8 Å². The molecule has 0 saturated carbocycles. The molecule has 6 nitrogen and oxygen atoms in total. The molecule has 4 aromatic heterocycles. The van der Waals surface area contributed by atoms with E-state index < -0.39 is 0 Å². The van der Waals surface area contributed by atoms with Crippen molar-refractivity contribution < 1.29 is 8.83 Å². The number of nitrogens with zero attached hydrogens (tertiary/aromatic N) is 4. The molecule has 0 spiro atoms. The van der Waals surface area contributed by atoms with Gasteiger partial charge in [0.1, 0.15) is 16.7 Å². The highest BCUT2D eigenvalue weighted by Gasteiger charge is 2.20. The van der Waals surface area contributed by atoms with E-state index in [1.807, 2.05) is 66.7 Å². The molecule has 0 N–H and O–H groups in total. The molecule has 0 fully saturated rings. The molecular weight excluding hydrogens is 641 g/mol. The van der Waals surface area contributed by atoms with Crippen LogP contribution in [0.2, 0.25) is 0 Å². The predicted octanol–water partition coefficient (Wildman–Crippen LogP) is 12.0. The Labute approximate surface area is 296 Å². The zero-order chi connectivity index (χ0) is 34.2. The molecule has 7 aromatic carbocycles. The van der Waals surface area contributed by atoms with Gasteiger partial charge in [-0.3, -0.25) is 0 Å². The molecule has 6 heteroatoms. The van der Waals surface area contributed by atoms with Gasteiger partial charge in [-0.05, 0) is 69.8 Å². The van der Waals surface area contributed by atoms with Crippen molar-refractivity contribution in [1.82, 2.24) is 19.9 Å². The molecule has 0 atom stereocenters. The molecule has 0 unspecified atom stereocenters. The Morgan fingerprint density at radius 1 is 0.385 bits per heavy atom. The van der Waals surface area contributed by atoms with Crippen molar-refractivity contribution in [3.63, 3.8) is 0 Å². The van der Waals surface area contributed by atoms with Crippen LogP contribution in [0.1, 0.15) is 0 Å². The monoisotopic (exact) mass is 666 g/mol. The largest absolute Gasteiger partial charge is 0.456 e. The molecule has 11 aromatic rings. The summed E-state index contributed by atoms with van der Waals surface area (Å²) in [6.45, 7) is 0. The van der Waals surface area contributed by atoms with Crippen LogP contribution in [0.4, 0.5) is 0 Å². The highest BCUT2D eigenvalue weighted by molar-refractivity contribution is 6.16. The van der Waals surface area contributed by atoms with Crippen molar-refractivity contribution in [2.75, 3.05) is 0 Å². The van der Waals surface area contributed by atoms with Crippen LogP contribution >= 0.6 is 0 Å². The minimum atomic E-state index is 0.591. The summed E-state index contributed by atoms with van der Waals surface area (Å²) in [5.74, 6) is 1.80. The standard InChI is InChI=1S/C46H26N4O2/c1-2-10-28(11-3-1)43-48-44(50-45(49-43)37-15-8-18-40-41(37)36-14-6-7-17-39(36)51-40)34-24-23-30(31-12-4-5-13-32(31)34)29-20-19-27-21-22-33-35-16-9-25-47-46(35)52-42(33)38(27)26-29/h1-26H. The fourth-order valence-corrected chi connectivity index (χ4v) is 7.60. The zero-order valence-corrected chi connectivity index (χ0v) is 27.6. The van der Waals surface area contributed by atoms with Gasteiger partial charge >= 0.3 is 0 Å². The van der Waals surface area contributed by atoms with Gasteiger partial charge in [0.15, 0.2) is 17.5 Å². The Kier molecular flexibility index (Phi) is 6.15. The van der Waals surface area contributed by atoms with Gasteiger partial charge in [-0.25, -0.2) is 19.9 Å². The molecule has 11 rings (SSSR count). The lowest BCUT2D eigenvalue weighted by atomic mass is 9.93. The average molecular weight is 667 g/mol. The molecule has 0 aliphatic carbocycles. The number of aromatic nitrogens is 4. The van der Waals surface area contributed by atoms with E-state index in [1.54, 1.807) is 6.20 Å². The van der Waals surface area contributed by atoms with Crippen molar-refractivity contribution in [2.45, 2.75) is 0 Å². The number of para-hydroxylation sites is 1. The topological polar surface area (TPSA) is 77.8 Å². The molecule has 242 valence electrons. The van der Waals surface area contributed by atoms with Crippen LogP contribution in [0, 0.1) is 0 Å². The van der Waals surface area contributed by atoms with Crippen LogP contribution in [0.25, 0.3) is 111 Å². The highest BCUT2D eigenvalue weighted by atomic mass is 16.3. The van der Waals surface area contributed by atoms with Crippen molar-refractivity contribution in [2.24, 2.45) is 0 Å². The van der Waals surface area contributed by atoms with E-state index in [9.17, 15) is 0 Å². The second-order valence-corrected chi connectivity index (χ2v) is 13.0. The zero-order valence-electron chi connectivity index (χ0n) is 27.6. The maximum Gasteiger partial charge on any atom is 0.227 e. The third kappa shape index (κ3) is 4.38. The quantitative estimate of drug-likeness (QED) is 0.186. The third-order valence-electron chi connectivity index (χ3n) is 10.0. The molecule has 4 heterocycles. The number of fused-ring (bicyclic) bond motifs is 9. The lowest BCUT2D eigenvalue weighted by Crippen LogP contribution is -2.01. The second kappa shape index (κ2) is 11.2.